The van der Waals surface area contributed by atoms with Crippen molar-refractivity contribution in [2.75, 3.05) is 12.4 Å². The molecular formula is C15H16Cl2N4O2. The van der Waals surface area contributed by atoms with Gasteiger partial charge in [0.05, 0.1) is 6.20 Å². The van der Waals surface area contributed by atoms with Gasteiger partial charge in [0.2, 0.25) is 11.2 Å². The molecule has 1 heterocycles. The Morgan fingerprint density at radius 2 is 2.04 bits per heavy atom. The van der Waals surface area contributed by atoms with Crippen molar-refractivity contribution in [1.29, 1.82) is 0 Å². The number of ether oxygens (including phenoxy) is 1. The Morgan fingerprint density at radius 3 is 2.65 bits per heavy atom. The third kappa shape index (κ3) is 5.06. The quantitative estimate of drug-likeness (QED) is 0.589. The number of primary amides is 1. The molecule has 0 aliphatic heterocycles. The van der Waals surface area contributed by atoms with Crippen LogP contribution in [0.2, 0.25) is 10.3 Å². The van der Waals surface area contributed by atoms with Crippen molar-refractivity contribution < 1.29 is 9.53 Å². The summed E-state index contributed by atoms with van der Waals surface area (Å²) in [6.07, 6.45) is 2.54. The van der Waals surface area contributed by atoms with Gasteiger partial charge in [0, 0.05) is 12.7 Å². The predicted octanol–water partition coefficient (Wildman–Crippen LogP) is 2.90. The molecule has 6 nitrogen and oxygen atoms in total. The van der Waals surface area contributed by atoms with E-state index in [4.69, 9.17) is 33.7 Å². The fraction of sp³-hybridized carbons (Fsp3) is 0.267. The largest absolute Gasteiger partial charge is 0.366 e. The zero-order valence-corrected chi connectivity index (χ0v) is 13.9. The number of rotatable bonds is 7. The van der Waals surface area contributed by atoms with Crippen LogP contribution in [0.15, 0.2) is 30.5 Å². The molecule has 1 aromatic carbocycles. The minimum Gasteiger partial charge on any atom is -0.366 e. The molecule has 3 N–H and O–H groups in total. The second-order valence-corrected chi connectivity index (χ2v) is 5.55. The third-order valence-electron chi connectivity index (χ3n) is 3.23. The third-order valence-corrected chi connectivity index (χ3v) is 3.69. The van der Waals surface area contributed by atoms with Crippen LogP contribution in [0.3, 0.4) is 0 Å². The number of nitrogens with one attached hydrogen (secondary N) is 1. The molecule has 0 saturated heterocycles. The number of amides is 1. The van der Waals surface area contributed by atoms with Crippen molar-refractivity contribution in [2.24, 2.45) is 5.73 Å². The lowest BCUT2D eigenvalue weighted by atomic mass is 10.1. The van der Waals surface area contributed by atoms with Crippen molar-refractivity contribution in [1.82, 2.24) is 9.97 Å². The standard InChI is InChI=1S/C15H16Cl2N4O2/c1-23-12(20-14-11(16)8-19-15(17)21-14)7-4-9-2-5-10(6-3-9)13(18)22/h2-3,5-6,8,12H,4,7H2,1H3,(H2,18,22)(H,19,20,21). The normalized spacial score (nSPS) is 12.0. The fourth-order valence-electron chi connectivity index (χ4n) is 1.98. The van der Waals surface area contributed by atoms with Crippen LogP contribution in [0.1, 0.15) is 22.3 Å². The molecule has 0 aliphatic carbocycles. The molecular weight excluding hydrogens is 339 g/mol. The van der Waals surface area contributed by atoms with Crippen LogP contribution < -0.4 is 11.1 Å². The van der Waals surface area contributed by atoms with Crippen molar-refractivity contribution in [3.8, 4) is 0 Å². The van der Waals surface area contributed by atoms with Gasteiger partial charge in [0.25, 0.3) is 0 Å². The van der Waals surface area contributed by atoms with Gasteiger partial charge in [-0.3, -0.25) is 4.79 Å². The Balaban J connectivity index is 1.97. The van der Waals surface area contributed by atoms with Crippen LogP contribution >= 0.6 is 23.2 Å². The topological polar surface area (TPSA) is 90.1 Å². The first kappa shape index (κ1) is 17.5. The second-order valence-electron chi connectivity index (χ2n) is 4.80. The molecule has 2 aromatic rings. The number of benzene rings is 1. The summed E-state index contributed by atoms with van der Waals surface area (Å²) < 4.78 is 5.39. The smallest absolute Gasteiger partial charge is 0.248 e. The molecule has 0 radical (unpaired) electrons. The highest BCUT2D eigenvalue weighted by Gasteiger charge is 2.12. The van der Waals surface area contributed by atoms with E-state index in [1.165, 1.54) is 6.20 Å². The highest BCUT2D eigenvalue weighted by Crippen LogP contribution is 2.21. The van der Waals surface area contributed by atoms with E-state index in [-0.39, 0.29) is 11.5 Å². The summed E-state index contributed by atoms with van der Waals surface area (Å²) in [4.78, 5) is 18.9. The summed E-state index contributed by atoms with van der Waals surface area (Å²) in [5, 5.41) is 3.54. The average molecular weight is 355 g/mol. The van der Waals surface area contributed by atoms with Gasteiger partial charge in [-0.25, -0.2) is 4.98 Å². The van der Waals surface area contributed by atoms with Crippen LogP contribution in [0.5, 0.6) is 0 Å². The minimum atomic E-state index is -0.441. The molecule has 1 aromatic heterocycles. The van der Waals surface area contributed by atoms with E-state index in [1.54, 1.807) is 19.2 Å². The van der Waals surface area contributed by atoms with Gasteiger partial charge in [0.15, 0.2) is 5.82 Å². The van der Waals surface area contributed by atoms with Crippen molar-refractivity contribution in [2.45, 2.75) is 19.1 Å². The SMILES string of the molecule is COC(CCc1ccc(C(N)=O)cc1)Nc1nc(Cl)ncc1Cl. The fourth-order valence-corrected chi connectivity index (χ4v) is 2.26. The Labute approximate surface area is 144 Å². The van der Waals surface area contributed by atoms with E-state index in [9.17, 15) is 4.79 Å². The minimum absolute atomic E-state index is 0.105. The van der Waals surface area contributed by atoms with Crippen LogP contribution in [-0.4, -0.2) is 29.2 Å². The van der Waals surface area contributed by atoms with Crippen molar-refractivity contribution in [3.05, 3.63) is 51.9 Å². The number of aromatic nitrogens is 2. The summed E-state index contributed by atoms with van der Waals surface area (Å²) in [5.41, 5.74) is 6.76. The van der Waals surface area contributed by atoms with Crippen molar-refractivity contribution in [3.63, 3.8) is 0 Å². The molecule has 1 amide bonds. The van der Waals surface area contributed by atoms with Gasteiger partial charge in [0.1, 0.15) is 11.3 Å². The first-order valence-corrected chi connectivity index (χ1v) is 7.61. The Morgan fingerprint density at radius 1 is 1.35 bits per heavy atom. The molecule has 23 heavy (non-hydrogen) atoms. The number of nitrogens with two attached hydrogens (primary N) is 1. The molecule has 0 bridgehead atoms. The lowest BCUT2D eigenvalue weighted by molar-refractivity contribution is 0.1000. The maximum absolute atomic E-state index is 11.0. The summed E-state index contributed by atoms with van der Waals surface area (Å²) >= 11 is 11.8. The number of halogens is 2. The Hall–Kier alpha value is -1.89. The van der Waals surface area contributed by atoms with Crippen LogP contribution in [0, 0.1) is 0 Å². The highest BCUT2D eigenvalue weighted by atomic mass is 35.5. The molecule has 0 aliphatic rings. The molecule has 122 valence electrons. The summed E-state index contributed by atoms with van der Waals surface area (Å²) in [6.45, 7) is 0. The first-order valence-electron chi connectivity index (χ1n) is 6.85. The van der Waals surface area contributed by atoms with Gasteiger partial charge in [-0.2, -0.15) is 4.98 Å². The number of carbonyl (C=O) groups is 1. The van der Waals surface area contributed by atoms with Crippen molar-refractivity contribution >= 4 is 34.9 Å². The summed E-state index contributed by atoms with van der Waals surface area (Å²) in [5.74, 6) is -0.0224. The molecule has 0 spiro atoms. The van der Waals surface area contributed by atoms with Crippen LogP contribution in [-0.2, 0) is 11.2 Å². The first-order chi connectivity index (χ1) is 11.0. The van der Waals surface area contributed by atoms with E-state index < -0.39 is 5.91 Å². The number of carbonyl (C=O) groups excluding carboxylic acids is 1. The van der Waals surface area contributed by atoms with E-state index >= 15 is 0 Å². The second kappa shape index (κ2) is 8.10. The average Bonchev–Trinajstić information content (AvgIpc) is 2.55. The monoisotopic (exact) mass is 354 g/mol. The number of methoxy groups -OCH3 is 1. The van der Waals surface area contributed by atoms with Gasteiger partial charge in [-0.1, -0.05) is 23.7 Å². The van der Waals surface area contributed by atoms with Gasteiger partial charge in [-0.05, 0) is 42.1 Å². The van der Waals surface area contributed by atoms with E-state index in [0.717, 1.165) is 12.0 Å². The number of hydrogen-bond donors (Lipinski definition) is 2. The maximum atomic E-state index is 11.0. The number of hydrogen-bond acceptors (Lipinski definition) is 5. The lowest BCUT2D eigenvalue weighted by Gasteiger charge is -2.18. The summed E-state index contributed by atoms with van der Waals surface area (Å²) in [7, 11) is 1.59. The number of anilines is 1. The van der Waals surface area contributed by atoms with Crippen LogP contribution in [0.25, 0.3) is 0 Å². The molecule has 1 atom stereocenters. The highest BCUT2D eigenvalue weighted by molar-refractivity contribution is 6.33. The summed E-state index contributed by atoms with van der Waals surface area (Å²) in [6, 6.07) is 7.13. The maximum Gasteiger partial charge on any atom is 0.248 e. The number of aryl methyl sites for hydroxylation is 1. The Kier molecular flexibility index (Phi) is 6.15. The molecule has 0 saturated carbocycles. The molecule has 8 heteroatoms. The predicted molar refractivity (Wildman–Crippen MR) is 89.8 cm³/mol. The zero-order chi connectivity index (χ0) is 16.8. The molecule has 2 rings (SSSR count). The van der Waals surface area contributed by atoms with E-state index in [2.05, 4.69) is 15.3 Å². The molecule has 1 unspecified atom stereocenters. The van der Waals surface area contributed by atoms with E-state index in [0.29, 0.717) is 22.8 Å². The van der Waals surface area contributed by atoms with Gasteiger partial charge >= 0.3 is 0 Å². The zero-order valence-electron chi connectivity index (χ0n) is 12.4. The Bertz CT molecular complexity index is 680. The lowest BCUT2D eigenvalue weighted by Crippen LogP contribution is -2.23. The van der Waals surface area contributed by atoms with E-state index in [1.807, 2.05) is 12.1 Å². The van der Waals surface area contributed by atoms with Gasteiger partial charge in [-0.15, -0.1) is 0 Å². The van der Waals surface area contributed by atoms with Gasteiger partial charge < -0.3 is 15.8 Å². The van der Waals surface area contributed by atoms with Crippen LogP contribution in [0.4, 0.5) is 5.82 Å². The molecule has 0 fully saturated rings. The number of nitrogens with zero attached hydrogens (tertiary/aromatic N) is 2.